The van der Waals surface area contributed by atoms with Crippen LogP contribution in [0.5, 0.6) is 0 Å². The van der Waals surface area contributed by atoms with Crippen LogP contribution in [-0.2, 0) is 4.79 Å². The van der Waals surface area contributed by atoms with Crippen molar-refractivity contribution in [2.24, 2.45) is 80.8 Å². The Morgan fingerprint density at radius 1 is 0.649 bits per heavy atom. The van der Waals surface area contributed by atoms with Crippen LogP contribution in [0.25, 0.3) is 0 Å². The Morgan fingerprint density at radius 3 is 1.49 bits per heavy atom. The van der Waals surface area contributed by atoms with Crippen molar-refractivity contribution >= 4 is 22.2 Å². The van der Waals surface area contributed by atoms with Gasteiger partial charge in [-0.3, -0.25) is 0 Å². The standard InChI is InChI=1S/C32H47FO2.C26H42O2.C6H4BrF.C4H9.CH4.Li/c1-5-32(35)19-18-30(3)22(20-32)11-12-23-26-14-13-25(31(26,4)17-16-27(23)30)21(2)10-15-29(34)24-8-6-7-9-28(24)33;1-5-26(28)15-14-24(3)19(17-26)8-9-20-22-11-10-21(18(2)7-6-16-27)25(22,4)13-12-23(20)24;7-5-3-1-2-4-6(5)8;1-3-4-2;;/h6-9,11,21,23,25-27,29,34-35H,5,10,12-20H2,1-4H3;8,16,18,20-23,28H,5-7,9-15,17H2,1-4H3;1-4H;1,3-4H2,2H3;1H4;/q;;;-1;;+1/t21-,23+,25-,26+,27+,29?,30+,31-,32+;18-,20+,21-,22+,23+,24+,25-,26+;;;;/m11..../s1. The number of carbonyl (C=O) groups excluding carboxylic acids is 1. The normalized spacial score (nSPS) is 38.4. The summed E-state index contributed by atoms with van der Waals surface area (Å²) in [5.74, 6) is 7.03. The Kier molecular flexibility index (Phi) is 23.8. The van der Waals surface area contributed by atoms with E-state index in [0.29, 0.717) is 50.5 Å². The summed E-state index contributed by atoms with van der Waals surface area (Å²) >= 11 is 3.02. The van der Waals surface area contributed by atoms with Crippen molar-refractivity contribution in [3.8, 4) is 0 Å². The summed E-state index contributed by atoms with van der Waals surface area (Å²) in [5, 5.41) is 32.6. The molecule has 77 heavy (non-hydrogen) atoms. The minimum absolute atomic E-state index is 0. The molecule has 0 spiro atoms. The molecule has 8 aliphatic rings. The number of allylic oxidation sites excluding steroid dienone is 2. The summed E-state index contributed by atoms with van der Waals surface area (Å²) in [6.07, 6.45) is 32.2. The van der Waals surface area contributed by atoms with Crippen molar-refractivity contribution in [2.45, 2.75) is 241 Å². The number of fused-ring (bicyclic) bond motifs is 10. The average molecular weight is 1120 g/mol. The second-order valence-electron chi connectivity index (χ2n) is 27.1. The molecule has 6 saturated carbocycles. The number of hydrogen-bond donors (Lipinski definition) is 3. The van der Waals surface area contributed by atoms with Crippen molar-refractivity contribution < 1.29 is 47.8 Å². The number of aliphatic hydroxyl groups is 3. The molecular formula is C69H106BrF2LiO4. The van der Waals surface area contributed by atoms with E-state index in [4.69, 9.17) is 0 Å². The van der Waals surface area contributed by atoms with E-state index in [9.17, 15) is 28.9 Å². The monoisotopic (exact) mass is 1120 g/mol. The first-order chi connectivity index (χ1) is 35.6. The molecule has 0 radical (unpaired) electrons. The van der Waals surface area contributed by atoms with Crippen molar-refractivity contribution in [1.82, 2.24) is 0 Å². The topological polar surface area (TPSA) is 77.8 Å². The summed E-state index contributed by atoms with van der Waals surface area (Å²) < 4.78 is 26.9. The quantitative estimate of drug-likeness (QED) is 0.0857. The second kappa shape index (κ2) is 27.7. The van der Waals surface area contributed by atoms with E-state index in [1.54, 1.807) is 41.5 Å². The SMILES string of the molecule is C.CC[C@]1(O)CC[C@@]2(C)C(=CC[C@H]3[C@@H]4CC[C@H]([C@H](C)CCC(O)c5ccccc5F)[C@@]4(C)CC[C@@H]32)C1.CC[C@]1(O)CC[C@@]2(C)C(=CC[C@H]3[C@@H]4CC[C@H]([C@H](C)CCC=O)[C@@]4(C)CC[C@@H]32)C1.Fc1ccccc1Br.[CH2-]CCC.[Li+]. The van der Waals surface area contributed by atoms with Crippen LogP contribution in [0.3, 0.4) is 0 Å². The summed E-state index contributed by atoms with van der Waals surface area (Å²) in [4.78, 5) is 10.9. The third-order valence-corrected chi connectivity index (χ3v) is 24.1. The van der Waals surface area contributed by atoms with Crippen LogP contribution >= 0.6 is 15.9 Å². The van der Waals surface area contributed by atoms with E-state index >= 15 is 0 Å². The first-order valence-electron chi connectivity index (χ1n) is 30.5. The molecule has 17 atom stereocenters. The van der Waals surface area contributed by atoms with E-state index in [1.165, 1.54) is 89.2 Å². The second-order valence-corrected chi connectivity index (χ2v) is 27.9. The average Bonchev–Trinajstić information content (AvgIpc) is 3.97. The van der Waals surface area contributed by atoms with E-state index < -0.39 is 17.3 Å². The molecule has 10 rings (SSSR count). The Balaban J connectivity index is 0.000000232. The Labute approximate surface area is 489 Å². The van der Waals surface area contributed by atoms with Crippen LogP contribution in [0.1, 0.15) is 236 Å². The summed E-state index contributed by atoms with van der Waals surface area (Å²) in [6, 6.07) is 13.2. The Morgan fingerprint density at radius 2 is 1.09 bits per heavy atom. The van der Waals surface area contributed by atoms with E-state index in [-0.39, 0.29) is 43.3 Å². The van der Waals surface area contributed by atoms with Crippen LogP contribution in [0.2, 0.25) is 0 Å². The van der Waals surface area contributed by atoms with Gasteiger partial charge in [-0.15, -0.1) is 0 Å². The maximum atomic E-state index is 14.1. The van der Waals surface area contributed by atoms with Crippen LogP contribution in [0, 0.1) is 99.4 Å². The predicted molar refractivity (Wildman–Crippen MR) is 316 cm³/mol. The summed E-state index contributed by atoms with van der Waals surface area (Å²) in [5.41, 5.74) is 4.11. The fourth-order valence-electron chi connectivity index (χ4n) is 18.5. The number of aliphatic hydroxyl groups excluding tert-OH is 1. The third kappa shape index (κ3) is 13.8. The molecule has 8 heteroatoms. The van der Waals surface area contributed by atoms with Gasteiger partial charge in [0.25, 0.3) is 0 Å². The number of hydrogen-bond acceptors (Lipinski definition) is 4. The van der Waals surface area contributed by atoms with Crippen molar-refractivity contribution in [3.05, 3.63) is 100 Å². The maximum absolute atomic E-state index is 14.1. The molecule has 4 nitrogen and oxygen atoms in total. The molecule has 6 fully saturated rings. The number of aldehydes is 1. The molecule has 0 aliphatic heterocycles. The number of rotatable bonds is 12. The molecule has 0 amide bonds. The number of benzene rings is 2. The van der Waals surface area contributed by atoms with E-state index in [0.717, 1.165) is 118 Å². The molecule has 8 aliphatic carbocycles. The van der Waals surface area contributed by atoms with Gasteiger partial charge in [-0.1, -0.05) is 130 Å². The fraction of sp³-hybridized carbons (Fsp3) is 0.739. The zero-order chi connectivity index (χ0) is 54.6. The third-order valence-electron chi connectivity index (χ3n) is 23.4. The first-order valence-corrected chi connectivity index (χ1v) is 31.3. The van der Waals surface area contributed by atoms with Gasteiger partial charge in [-0.2, -0.15) is 6.42 Å². The van der Waals surface area contributed by atoms with Crippen LogP contribution < -0.4 is 18.9 Å². The van der Waals surface area contributed by atoms with Gasteiger partial charge >= 0.3 is 18.9 Å². The molecule has 0 saturated heterocycles. The number of carbonyl (C=O) groups is 1. The van der Waals surface area contributed by atoms with Crippen LogP contribution in [0.4, 0.5) is 8.78 Å². The zero-order valence-electron chi connectivity index (χ0n) is 49.3. The molecule has 0 heterocycles. The zero-order valence-corrected chi connectivity index (χ0v) is 50.8. The molecule has 0 bridgehead atoms. The fourth-order valence-corrected chi connectivity index (χ4v) is 18.8. The van der Waals surface area contributed by atoms with E-state index in [1.807, 2.05) is 6.07 Å². The van der Waals surface area contributed by atoms with Gasteiger partial charge in [0.2, 0.25) is 0 Å². The maximum Gasteiger partial charge on any atom is 1.00 e. The smallest absolute Gasteiger partial charge is 0.390 e. The van der Waals surface area contributed by atoms with Crippen LogP contribution in [-0.4, -0.2) is 32.8 Å². The van der Waals surface area contributed by atoms with Gasteiger partial charge in [0.05, 0.1) is 21.8 Å². The van der Waals surface area contributed by atoms with Crippen molar-refractivity contribution in [3.63, 3.8) is 0 Å². The van der Waals surface area contributed by atoms with Gasteiger partial charge in [0, 0.05) is 12.0 Å². The number of halogens is 3. The largest absolute Gasteiger partial charge is 1.00 e. The summed E-state index contributed by atoms with van der Waals surface area (Å²) in [6.45, 7) is 25.0. The molecule has 2 aromatic rings. The van der Waals surface area contributed by atoms with Gasteiger partial charge < -0.3 is 27.0 Å². The predicted octanol–water partition coefficient (Wildman–Crippen LogP) is 16.2. The van der Waals surface area contributed by atoms with Crippen molar-refractivity contribution in [1.29, 1.82) is 0 Å². The van der Waals surface area contributed by atoms with Crippen LogP contribution in [0.15, 0.2) is 76.3 Å². The van der Waals surface area contributed by atoms with Gasteiger partial charge in [-0.25, -0.2) is 8.78 Å². The van der Waals surface area contributed by atoms with Gasteiger partial charge in [0.1, 0.15) is 17.9 Å². The van der Waals surface area contributed by atoms with Gasteiger partial charge in [0.15, 0.2) is 0 Å². The first kappa shape index (κ1) is 66.2. The molecule has 2 aromatic carbocycles. The molecule has 3 N–H and O–H groups in total. The minimum atomic E-state index is -0.714. The Hall–Kier alpha value is -1.59. The minimum Gasteiger partial charge on any atom is -0.390 e. The van der Waals surface area contributed by atoms with Crippen molar-refractivity contribution in [2.75, 3.05) is 0 Å². The summed E-state index contributed by atoms with van der Waals surface area (Å²) in [7, 11) is 0. The number of unbranched alkanes of at least 4 members (excludes halogenated alkanes) is 1. The van der Waals surface area contributed by atoms with Gasteiger partial charge in [-0.05, 0) is 250 Å². The Bertz CT molecular complexity index is 2250. The molecule has 0 aromatic heterocycles. The molecule has 428 valence electrons. The molecular weight excluding hydrogens is 1020 g/mol. The van der Waals surface area contributed by atoms with E-state index in [2.05, 4.69) is 97.3 Å². The molecule has 1 unspecified atom stereocenters.